The number of benzene rings is 9. The van der Waals surface area contributed by atoms with Crippen molar-refractivity contribution < 1.29 is 4.74 Å². The van der Waals surface area contributed by atoms with E-state index < -0.39 is 5.41 Å². The zero-order chi connectivity index (χ0) is 42.2. The fourth-order valence-corrected chi connectivity index (χ4v) is 10.1. The van der Waals surface area contributed by atoms with Crippen LogP contribution >= 0.6 is 0 Å². The SMILES string of the molecule is c1ccc(-c2nc(-c3ccccc3)nc(-c3cccc(-c4ccc5nc(-c6ccccc6)c6cc7c(cc6c5c4)C4(c5ccccc5O7)c5ccccc5-c5ccccc54)c3)n2)cc1. The van der Waals surface area contributed by atoms with Crippen LogP contribution in [-0.2, 0) is 5.41 Å². The molecular weight excluding hydrogens is 781 g/mol. The molecule has 0 unspecified atom stereocenters. The van der Waals surface area contributed by atoms with Gasteiger partial charge in [0.25, 0.3) is 0 Å². The summed E-state index contributed by atoms with van der Waals surface area (Å²) in [5, 5.41) is 3.21. The zero-order valence-corrected chi connectivity index (χ0v) is 34.5. The summed E-state index contributed by atoms with van der Waals surface area (Å²) in [6, 6.07) is 76.8. The number of rotatable bonds is 5. The number of aromatic nitrogens is 4. The van der Waals surface area contributed by atoms with E-state index in [2.05, 4.69) is 158 Å². The van der Waals surface area contributed by atoms with Gasteiger partial charge >= 0.3 is 0 Å². The summed E-state index contributed by atoms with van der Waals surface area (Å²) in [7, 11) is 0. The van der Waals surface area contributed by atoms with Gasteiger partial charge in [-0.25, -0.2) is 19.9 Å². The molecule has 11 aromatic rings. The Bertz CT molecular complexity index is 3540. The standard InChI is InChI=1S/C59H36N4O/c1-4-17-37(18-5-1)55-47-36-54-51(59(50-29-14-15-30-53(50)64-54)48-27-12-10-25-43(48)44-26-11-13-28-49(44)59)35-45(47)46-34-41(31-32-52(46)60-55)40-23-16-24-42(33-40)58-62-56(38-19-6-2-7-20-38)61-57(63-58)39-21-8-3-9-22-39/h1-36H. The number of hydrogen-bond acceptors (Lipinski definition) is 5. The van der Waals surface area contributed by atoms with Gasteiger partial charge in [0, 0.05) is 44.2 Å². The van der Waals surface area contributed by atoms with E-state index in [1.807, 2.05) is 60.7 Å². The molecule has 5 nitrogen and oxygen atoms in total. The predicted molar refractivity (Wildman–Crippen MR) is 257 cm³/mol. The maximum absolute atomic E-state index is 6.98. The minimum absolute atomic E-state index is 0.595. The third kappa shape index (κ3) is 5.51. The lowest BCUT2D eigenvalue weighted by Crippen LogP contribution is -2.32. The topological polar surface area (TPSA) is 60.8 Å². The summed E-state index contributed by atoms with van der Waals surface area (Å²) >= 11 is 0. The van der Waals surface area contributed by atoms with Gasteiger partial charge in [-0.3, -0.25) is 0 Å². The molecule has 5 heteroatoms. The molecule has 2 aromatic heterocycles. The van der Waals surface area contributed by atoms with Crippen molar-refractivity contribution in [3.05, 3.63) is 241 Å². The van der Waals surface area contributed by atoms with Gasteiger partial charge in [-0.05, 0) is 75.2 Å². The Morgan fingerprint density at radius 3 is 1.47 bits per heavy atom. The molecule has 2 aliphatic rings. The van der Waals surface area contributed by atoms with Crippen molar-refractivity contribution in [1.29, 1.82) is 0 Å². The van der Waals surface area contributed by atoms with E-state index in [4.69, 9.17) is 24.7 Å². The number of fused-ring (bicyclic) bond motifs is 12. The van der Waals surface area contributed by atoms with Crippen molar-refractivity contribution in [2.24, 2.45) is 0 Å². The Kier molecular flexibility index (Phi) is 8.06. The second-order valence-corrected chi connectivity index (χ2v) is 16.5. The Labute approximate surface area is 370 Å². The van der Waals surface area contributed by atoms with Crippen molar-refractivity contribution in [2.45, 2.75) is 5.41 Å². The number of para-hydroxylation sites is 1. The summed E-state index contributed by atoms with van der Waals surface area (Å²) in [4.78, 5) is 20.4. The van der Waals surface area contributed by atoms with Gasteiger partial charge in [0.2, 0.25) is 0 Å². The fraction of sp³-hybridized carbons (Fsp3) is 0.0169. The Morgan fingerprint density at radius 1 is 0.297 bits per heavy atom. The van der Waals surface area contributed by atoms with Gasteiger partial charge in [-0.15, -0.1) is 0 Å². The van der Waals surface area contributed by atoms with Crippen LogP contribution in [0.5, 0.6) is 11.5 Å². The third-order valence-electron chi connectivity index (χ3n) is 13.0. The average Bonchev–Trinajstić information content (AvgIpc) is 3.66. The van der Waals surface area contributed by atoms with Crippen LogP contribution in [0.4, 0.5) is 0 Å². The third-order valence-corrected chi connectivity index (χ3v) is 13.0. The first kappa shape index (κ1) is 36.1. The van der Waals surface area contributed by atoms with E-state index in [0.717, 1.165) is 83.4 Å². The molecule has 0 saturated carbocycles. The maximum Gasteiger partial charge on any atom is 0.164 e. The molecule has 0 N–H and O–H groups in total. The van der Waals surface area contributed by atoms with Gasteiger partial charge in [0.15, 0.2) is 17.5 Å². The minimum atomic E-state index is -0.595. The molecule has 1 aliphatic carbocycles. The molecule has 0 amide bonds. The lowest BCUT2D eigenvalue weighted by molar-refractivity contribution is 0.437. The second kappa shape index (κ2) is 14.3. The highest BCUT2D eigenvalue weighted by Gasteiger charge is 2.51. The minimum Gasteiger partial charge on any atom is -0.457 e. The van der Waals surface area contributed by atoms with Crippen LogP contribution in [-0.4, -0.2) is 19.9 Å². The van der Waals surface area contributed by atoms with Crippen LogP contribution in [0.1, 0.15) is 22.3 Å². The highest BCUT2D eigenvalue weighted by Crippen LogP contribution is 2.62. The molecule has 3 heterocycles. The Morgan fingerprint density at radius 2 is 0.812 bits per heavy atom. The quantitative estimate of drug-likeness (QED) is 0.162. The molecular formula is C59H36N4O. The van der Waals surface area contributed by atoms with Gasteiger partial charge in [-0.1, -0.05) is 182 Å². The summed E-state index contributed by atoms with van der Waals surface area (Å²) in [6.07, 6.45) is 0. The molecule has 1 aliphatic heterocycles. The van der Waals surface area contributed by atoms with Crippen molar-refractivity contribution in [3.8, 4) is 79.2 Å². The Balaban J connectivity index is 1.04. The van der Waals surface area contributed by atoms with Crippen LogP contribution in [0.2, 0.25) is 0 Å². The van der Waals surface area contributed by atoms with Crippen molar-refractivity contribution in [1.82, 2.24) is 19.9 Å². The predicted octanol–water partition coefficient (Wildman–Crippen LogP) is 14.4. The lowest BCUT2D eigenvalue weighted by Gasteiger charge is -2.39. The number of ether oxygens (including phenoxy) is 1. The van der Waals surface area contributed by atoms with Gasteiger partial charge in [0.1, 0.15) is 11.5 Å². The molecule has 0 atom stereocenters. The highest BCUT2D eigenvalue weighted by atomic mass is 16.5. The van der Waals surface area contributed by atoms with Gasteiger partial charge in [0.05, 0.1) is 16.6 Å². The molecule has 0 saturated heterocycles. The smallest absolute Gasteiger partial charge is 0.164 e. The largest absolute Gasteiger partial charge is 0.457 e. The van der Waals surface area contributed by atoms with Crippen molar-refractivity contribution in [3.63, 3.8) is 0 Å². The fourth-order valence-electron chi connectivity index (χ4n) is 10.1. The maximum atomic E-state index is 6.98. The van der Waals surface area contributed by atoms with E-state index in [1.54, 1.807) is 0 Å². The first-order valence-electron chi connectivity index (χ1n) is 21.6. The molecule has 9 aromatic carbocycles. The number of pyridine rings is 1. The van der Waals surface area contributed by atoms with Crippen LogP contribution in [0.3, 0.4) is 0 Å². The number of hydrogen-bond donors (Lipinski definition) is 0. The van der Waals surface area contributed by atoms with Crippen molar-refractivity contribution in [2.75, 3.05) is 0 Å². The van der Waals surface area contributed by atoms with E-state index >= 15 is 0 Å². The lowest BCUT2D eigenvalue weighted by atomic mass is 9.65. The highest BCUT2D eigenvalue weighted by molar-refractivity contribution is 6.13. The van der Waals surface area contributed by atoms with Gasteiger partial charge in [-0.2, -0.15) is 0 Å². The van der Waals surface area contributed by atoms with Crippen LogP contribution in [0.25, 0.3) is 89.4 Å². The molecule has 0 bridgehead atoms. The molecule has 298 valence electrons. The van der Waals surface area contributed by atoms with Crippen LogP contribution in [0.15, 0.2) is 218 Å². The molecule has 1 spiro atoms. The van der Waals surface area contributed by atoms with E-state index in [-0.39, 0.29) is 0 Å². The first-order chi connectivity index (χ1) is 31.7. The molecule has 64 heavy (non-hydrogen) atoms. The normalized spacial score (nSPS) is 12.9. The first-order valence-corrected chi connectivity index (χ1v) is 21.6. The summed E-state index contributed by atoms with van der Waals surface area (Å²) in [6.45, 7) is 0. The Hall–Kier alpha value is -8.54. The summed E-state index contributed by atoms with van der Waals surface area (Å²) < 4.78 is 6.98. The number of nitrogens with zero attached hydrogens (tertiary/aromatic N) is 4. The van der Waals surface area contributed by atoms with E-state index in [9.17, 15) is 0 Å². The van der Waals surface area contributed by atoms with E-state index in [1.165, 1.54) is 22.3 Å². The summed E-state index contributed by atoms with van der Waals surface area (Å²) in [5.74, 6) is 3.58. The van der Waals surface area contributed by atoms with E-state index in [0.29, 0.717) is 17.5 Å². The van der Waals surface area contributed by atoms with Gasteiger partial charge < -0.3 is 4.74 Å². The molecule has 13 rings (SSSR count). The summed E-state index contributed by atoms with van der Waals surface area (Å²) in [5.41, 5.74) is 14.5. The monoisotopic (exact) mass is 816 g/mol. The van der Waals surface area contributed by atoms with Crippen molar-refractivity contribution >= 4 is 21.7 Å². The zero-order valence-electron chi connectivity index (χ0n) is 34.5. The molecule has 0 radical (unpaired) electrons. The average molecular weight is 817 g/mol. The second-order valence-electron chi connectivity index (χ2n) is 16.5. The van der Waals surface area contributed by atoms with Crippen LogP contribution in [0, 0.1) is 0 Å². The molecule has 0 fully saturated rings. The van der Waals surface area contributed by atoms with Crippen LogP contribution < -0.4 is 4.74 Å².